The molecule has 0 spiro atoms. The molecule has 0 saturated carbocycles. The van der Waals surface area contributed by atoms with Gasteiger partial charge in [0.25, 0.3) is 5.91 Å². The maximum absolute atomic E-state index is 12.2. The van der Waals surface area contributed by atoms with Gasteiger partial charge in [-0.25, -0.2) is 4.98 Å². The van der Waals surface area contributed by atoms with Crippen LogP contribution in [0.4, 0.5) is 11.4 Å². The lowest BCUT2D eigenvalue weighted by Gasteiger charge is -2.06. The number of nitrogens with zero attached hydrogens (tertiary/aromatic N) is 2. The molecular weight excluding hydrogens is 492 g/mol. The van der Waals surface area contributed by atoms with Gasteiger partial charge in [0.05, 0.1) is 5.56 Å². The molecule has 0 bridgehead atoms. The van der Waals surface area contributed by atoms with Gasteiger partial charge in [0, 0.05) is 30.4 Å². The number of ketones is 1. The zero-order valence-corrected chi connectivity index (χ0v) is 26.1. The minimum absolute atomic E-state index is 0.155. The number of aliphatic hydroxyl groups is 1. The zero-order valence-electron chi connectivity index (χ0n) is 26.1. The maximum Gasteiger partial charge on any atom is 0.257 e. The quantitative estimate of drug-likeness (QED) is 0.176. The molecule has 0 unspecified atom stereocenters. The third kappa shape index (κ3) is 19.0. The molecule has 0 saturated heterocycles. The summed E-state index contributed by atoms with van der Waals surface area (Å²) in [4.78, 5) is 37.3. The Bertz CT molecular complexity index is 1060. The van der Waals surface area contributed by atoms with Gasteiger partial charge in [0.15, 0.2) is 12.1 Å². The fourth-order valence-electron chi connectivity index (χ4n) is 2.18. The Morgan fingerprint density at radius 3 is 1.79 bits per heavy atom. The number of nitrogens with one attached hydrogen (secondary N) is 1. The van der Waals surface area contributed by atoms with E-state index < -0.39 is 0 Å². The van der Waals surface area contributed by atoms with Gasteiger partial charge in [0.1, 0.15) is 11.3 Å². The highest BCUT2D eigenvalue weighted by Gasteiger charge is 2.08. The van der Waals surface area contributed by atoms with E-state index in [0.29, 0.717) is 34.6 Å². The highest BCUT2D eigenvalue weighted by Crippen LogP contribution is 2.13. The van der Waals surface area contributed by atoms with Crippen molar-refractivity contribution in [1.29, 1.82) is 0 Å². The van der Waals surface area contributed by atoms with Crippen LogP contribution < -0.4 is 11.1 Å². The molecule has 8 nitrogen and oxygen atoms in total. The molecule has 220 valence electrons. The number of rotatable bonds is 4. The third-order valence-corrected chi connectivity index (χ3v) is 4.01. The van der Waals surface area contributed by atoms with Gasteiger partial charge in [0.2, 0.25) is 0 Å². The smallest absolute Gasteiger partial charge is 0.257 e. The van der Waals surface area contributed by atoms with E-state index in [1.54, 1.807) is 67.0 Å². The van der Waals surface area contributed by atoms with Gasteiger partial charge >= 0.3 is 0 Å². The number of amides is 1. The molecule has 2 aromatic heterocycles. The minimum atomic E-state index is -0.247. The number of carbonyl (C=O) groups is 3. The molecule has 39 heavy (non-hydrogen) atoms. The number of fused-ring (bicyclic) bond motifs is 1. The number of nitrogen functional groups attached to an aromatic ring is 1. The zero-order chi connectivity index (χ0) is 31.4. The molecule has 4 N–H and O–H groups in total. The Morgan fingerprint density at radius 2 is 1.41 bits per heavy atom. The largest absolute Gasteiger partial charge is 0.399 e. The van der Waals surface area contributed by atoms with Crippen molar-refractivity contribution in [2.75, 3.05) is 17.7 Å². The highest BCUT2D eigenvalue weighted by atomic mass is 16.2. The minimum Gasteiger partial charge on any atom is -0.399 e. The first kappa shape index (κ1) is 42.3. The summed E-state index contributed by atoms with van der Waals surface area (Å²) in [5, 5.41) is 10.3. The Kier molecular flexibility index (Phi) is 31.2. The first-order chi connectivity index (χ1) is 18.7. The number of hydrogen-bond donors (Lipinski definition) is 3. The van der Waals surface area contributed by atoms with Gasteiger partial charge in [-0.2, -0.15) is 0 Å². The van der Waals surface area contributed by atoms with Crippen molar-refractivity contribution in [2.24, 2.45) is 0 Å². The van der Waals surface area contributed by atoms with Gasteiger partial charge in [-0.3, -0.25) is 14.4 Å². The SMILES string of the molecule is C/C=C(\C)C(C)=O.CC.CC.CC.CC.CCO.Nc1ccc(NC(=O)c2ccc3nc(C=O)cn3c2)cc1. The second-order valence-corrected chi connectivity index (χ2v) is 6.39. The number of benzene rings is 1. The normalized spacial score (nSPS) is 8.79. The number of pyridine rings is 1. The van der Waals surface area contributed by atoms with E-state index >= 15 is 0 Å². The number of carbonyl (C=O) groups excluding carboxylic acids is 3. The number of hydrogen-bond acceptors (Lipinski definition) is 6. The van der Waals surface area contributed by atoms with Crippen molar-refractivity contribution in [3.63, 3.8) is 0 Å². The molecule has 2 heterocycles. The van der Waals surface area contributed by atoms with Crippen LogP contribution in [0.3, 0.4) is 0 Å². The van der Waals surface area contributed by atoms with E-state index in [1.165, 1.54) is 0 Å². The summed E-state index contributed by atoms with van der Waals surface area (Å²) >= 11 is 0. The molecule has 1 aromatic carbocycles. The van der Waals surface area contributed by atoms with Gasteiger partial charge in [-0.05, 0) is 69.7 Å². The summed E-state index contributed by atoms with van der Waals surface area (Å²) in [6, 6.07) is 10.2. The second kappa shape index (κ2) is 28.8. The Balaban J connectivity index is -0.000000285. The van der Waals surface area contributed by atoms with Crippen molar-refractivity contribution in [2.45, 2.75) is 83.1 Å². The average Bonchev–Trinajstić information content (AvgIpc) is 3.41. The molecule has 0 fully saturated rings. The summed E-state index contributed by atoms with van der Waals surface area (Å²) in [5.74, 6) is -0.0921. The van der Waals surface area contributed by atoms with Gasteiger partial charge in [-0.15, -0.1) is 0 Å². The van der Waals surface area contributed by atoms with Crippen molar-refractivity contribution < 1.29 is 19.5 Å². The first-order valence-electron chi connectivity index (χ1n) is 13.6. The molecule has 0 aliphatic heterocycles. The topological polar surface area (TPSA) is 127 Å². The standard InChI is InChI=1S/C15H12N4O2.C6H10O.C2H6O.4C2H6/c16-11-2-4-12(5-3-11)18-15(21)10-1-6-14-17-13(9-20)8-19(14)7-10;1-4-5(2)6(3)7;1-2-3;4*1-2/h1-9H,16H2,(H,18,21);4H,1-3H3;3H,2H2,1H3;4*1-2H3/b;5-4+;;;;;. The number of nitrogens with two attached hydrogens (primary N) is 1. The fourth-order valence-corrected chi connectivity index (χ4v) is 2.18. The van der Waals surface area contributed by atoms with Crippen LogP contribution in [0, 0.1) is 0 Å². The van der Waals surface area contributed by atoms with Crippen LogP contribution in [0.5, 0.6) is 0 Å². The summed E-state index contributed by atoms with van der Waals surface area (Å²) < 4.78 is 1.64. The maximum atomic E-state index is 12.2. The number of aliphatic hydroxyl groups excluding tert-OH is 1. The molecule has 0 atom stereocenters. The van der Waals surface area contributed by atoms with Crippen LogP contribution in [0.1, 0.15) is 104 Å². The predicted molar refractivity (Wildman–Crippen MR) is 168 cm³/mol. The fraction of sp³-hybridized carbons (Fsp3) is 0.419. The molecule has 1 amide bonds. The number of Topliss-reactive ketones (excluding diaryl/α,β-unsaturated/α-hetero) is 1. The highest BCUT2D eigenvalue weighted by molar-refractivity contribution is 6.04. The molecule has 0 radical (unpaired) electrons. The lowest BCUT2D eigenvalue weighted by molar-refractivity contribution is -0.113. The number of anilines is 2. The molecule has 3 rings (SSSR count). The summed E-state index contributed by atoms with van der Waals surface area (Å²) in [6.45, 7) is 23.2. The number of allylic oxidation sites excluding steroid dienone is 2. The molecular formula is C31H52N4O4. The van der Waals surface area contributed by atoms with Crippen LogP contribution in [-0.4, -0.2) is 39.1 Å². The van der Waals surface area contributed by atoms with E-state index in [2.05, 4.69) is 10.3 Å². The summed E-state index contributed by atoms with van der Waals surface area (Å²) in [5.41, 5.74) is 9.13. The van der Waals surface area contributed by atoms with Crippen LogP contribution in [0.2, 0.25) is 0 Å². The lowest BCUT2D eigenvalue weighted by Crippen LogP contribution is -2.12. The predicted octanol–water partition coefficient (Wildman–Crippen LogP) is 7.63. The van der Waals surface area contributed by atoms with Crippen molar-refractivity contribution >= 4 is 35.0 Å². The van der Waals surface area contributed by atoms with Crippen LogP contribution in [0.25, 0.3) is 5.65 Å². The monoisotopic (exact) mass is 544 g/mol. The van der Waals surface area contributed by atoms with E-state index in [-0.39, 0.29) is 18.3 Å². The number of imidazole rings is 1. The number of aldehydes is 1. The van der Waals surface area contributed by atoms with Crippen LogP contribution >= 0.6 is 0 Å². The van der Waals surface area contributed by atoms with Crippen LogP contribution in [-0.2, 0) is 4.79 Å². The summed E-state index contributed by atoms with van der Waals surface area (Å²) in [7, 11) is 0. The molecule has 0 aliphatic carbocycles. The molecule has 0 aliphatic rings. The average molecular weight is 545 g/mol. The van der Waals surface area contributed by atoms with Crippen molar-refractivity contribution in [3.05, 3.63) is 71.7 Å². The lowest BCUT2D eigenvalue weighted by atomic mass is 10.2. The number of aromatic nitrogens is 2. The van der Waals surface area contributed by atoms with E-state index in [4.69, 9.17) is 10.8 Å². The van der Waals surface area contributed by atoms with Crippen LogP contribution in [0.15, 0.2) is 60.4 Å². The van der Waals surface area contributed by atoms with Gasteiger partial charge < -0.3 is 20.6 Å². The Hall–Kier alpha value is -3.78. The van der Waals surface area contributed by atoms with Crippen molar-refractivity contribution in [3.8, 4) is 0 Å². The van der Waals surface area contributed by atoms with Gasteiger partial charge in [-0.1, -0.05) is 61.5 Å². The first-order valence-corrected chi connectivity index (χ1v) is 13.6. The molecule has 3 aromatic rings. The van der Waals surface area contributed by atoms with E-state index in [9.17, 15) is 14.4 Å². The second-order valence-electron chi connectivity index (χ2n) is 6.39. The van der Waals surface area contributed by atoms with Crippen molar-refractivity contribution in [1.82, 2.24) is 9.38 Å². The molecule has 8 heteroatoms. The Labute approximate surface area is 236 Å². The van der Waals surface area contributed by atoms with E-state index in [0.717, 1.165) is 5.57 Å². The summed E-state index contributed by atoms with van der Waals surface area (Å²) in [6.07, 6.45) is 5.67. The third-order valence-electron chi connectivity index (χ3n) is 4.01. The van der Waals surface area contributed by atoms with E-state index in [1.807, 2.05) is 75.3 Å². The Morgan fingerprint density at radius 1 is 0.923 bits per heavy atom.